The number of nitrogens with zero attached hydrogens (tertiary/aromatic N) is 2. The van der Waals surface area contributed by atoms with Crippen LogP contribution in [0.4, 0.5) is 11.4 Å². The van der Waals surface area contributed by atoms with E-state index >= 15 is 0 Å². The third-order valence-electron chi connectivity index (χ3n) is 12.0. The molecule has 21 nitrogen and oxygen atoms in total. The molecule has 360 valence electrons. The monoisotopic (exact) mass is 930 g/mol. The summed E-state index contributed by atoms with van der Waals surface area (Å²) in [5.41, 5.74) is 6.97. The van der Waals surface area contributed by atoms with Crippen LogP contribution in [-0.4, -0.2) is 130 Å². The minimum absolute atomic E-state index is 0.0481. The number of rotatable bonds is 22. The Morgan fingerprint density at radius 2 is 1.78 bits per heavy atom. The molecule has 9 N–H and O–H groups in total. The Kier molecular flexibility index (Phi) is 17.0. The largest absolute Gasteiger partial charge is 0.394 e. The summed E-state index contributed by atoms with van der Waals surface area (Å²) in [6, 6.07) is 15.5. The van der Waals surface area contributed by atoms with Gasteiger partial charge in [-0.1, -0.05) is 42.5 Å². The Morgan fingerprint density at radius 3 is 2.49 bits per heavy atom. The molecular weight excluding hydrogens is 873 g/mol. The minimum atomic E-state index is -1.62. The summed E-state index contributed by atoms with van der Waals surface area (Å²) in [7, 11) is 0. The van der Waals surface area contributed by atoms with E-state index in [4.69, 9.17) is 19.9 Å². The molecule has 0 spiro atoms. The van der Waals surface area contributed by atoms with Crippen LogP contribution >= 0.6 is 0 Å². The maximum atomic E-state index is 13.6. The van der Waals surface area contributed by atoms with Crippen molar-refractivity contribution >= 4 is 62.7 Å². The Bertz CT molecular complexity index is 2490. The second-order valence-electron chi connectivity index (χ2n) is 16.8. The molecule has 2 fully saturated rings. The molecule has 0 bridgehead atoms. The number of likely N-dealkylation sites (tertiary alicyclic amines) is 1. The van der Waals surface area contributed by atoms with Crippen LogP contribution in [0.15, 0.2) is 71.5 Å². The van der Waals surface area contributed by atoms with E-state index in [1.165, 1.54) is 30.9 Å². The molecule has 2 aliphatic rings. The van der Waals surface area contributed by atoms with E-state index in [9.17, 15) is 49.1 Å². The summed E-state index contributed by atoms with van der Waals surface area (Å²) in [5.74, 6) is -4.60. The van der Waals surface area contributed by atoms with Crippen molar-refractivity contribution in [3.63, 3.8) is 0 Å². The number of anilines is 1. The van der Waals surface area contributed by atoms with Gasteiger partial charge in [-0.3, -0.25) is 38.9 Å². The number of carbonyl (C=O) groups excluding carboxylic acids is 5. The molecule has 0 aliphatic carbocycles. The van der Waals surface area contributed by atoms with Gasteiger partial charge in [0.1, 0.15) is 48.6 Å². The summed E-state index contributed by atoms with van der Waals surface area (Å²) >= 11 is 0. The molecule has 5 amide bonds. The normalized spacial score (nSPS) is 22.0. The van der Waals surface area contributed by atoms with Gasteiger partial charge in [0.25, 0.3) is 5.69 Å². The molecule has 2 saturated heterocycles. The van der Waals surface area contributed by atoms with E-state index in [1.807, 2.05) is 30.3 Å². The fraction of sp³-hybridized carbons (Fsp3) is 0.478. The number of primary amides is 1. The molecule has 4 aromatic rings. The van der Waals surface area contributed by atoms with Gasteiger partial charge in [-0.25, -0.2) is 0 Å². The zero-order valence-electron chi connectivity index (χ0n) is 37.4. The number of ether oxygens (including phenoxy) is 3. The van der Waals surface area contributed by atoms with Gasteiger partial charge in [0, 0.05) is 55.6 Å². The van der Waals surface area contributed by atoms with Crippen LogP contribution in [0.5, 0.6) is 0 Å². The second-order valence-corrected chi connectivity index (χ2v) is 16.8. The van der Waals surface area contributed by atoms with Crippen molar-refractivity contribution in [2.75, 3.05) is 38.2 Å². The minimum Gasteiger partial charge on any atom is -0.394 e. The molecular formula is C46H58N8O13. The molecule has 2 aliphatic heterocycles. The van der Waals surface area contributed by atoms with Gasteiger partial charge in [-0.15, -0.1) is 0 Å². The number of aliphatic hydroxyl groups excluding tert-OH is 2. The van der Waals surface area contributed by atoms with Gasteiger partial charge in [-0.05, 0) is 69.2 Å². The number of hydrogen-bond acceptors (Lipinski definition) is 14. The molecule has 6 rings (SSSR count). The van der Waals surface area contributed by atoms with Crippen molar-refractivity contribution in [1.82, 2.24) is 25.8 Å². The van der Waals surface area contributed by atoms with Crippen LogP contribution in [0.25, 0.3) is 21.8 Å². The Hall–Kier alpha value is -6.52. The maximum Gasteiger partial charge on any atom is 0.293 e. The van der Waals surface area contributed by atoms with Crippen molar-refractivity contribution < 1.29 is 53.3 Å². The predicted molar refractivity (Wildman–Crippen MR) is 244 cm³/mol. The van der Waals surface area contributed by atoms with Gasteiger partial charge in [-0.2, -0.15) is 0 Å². The lowest BCUT2D eigenvalue weighted by Gasteiger charge is -2.50. The first kappa shape index (κ1) is 49.9. The van der Waals surface area contributed by atoms with Crippen LogP contribution in [0.2, 0.25) is 0 Å². The van der Waals surface area contributed by atoms with Crippen molar-refractivity contribution in [2.24, 2.45) is 5.73 Å². The number of aliphatic hydroxyl groups is 2. The first-order chi connectivity index (χ1) is 32.1. The van der Waals surface area contributed by atoms with Crippen molar-refractivity contribution in [2.45, 2.75) is 108 Å². The number of carbonyl (C=O) groups is 5. The van der Waals surface area contributed by atoms with Crippen molar-refractivity contribution in [3.8, 4) is 0 Å². The average molecular weight is 931 g/mol. The van der Waals surface area contributed by atoms with Crippen LogP contribution in [0.1, 0.15) is 64.4 Å². The number of nitro benzene ring substituents is 1. The number of para-hydroxylation sites is 1. The number of pyridine rings is 1. The standard InChI is InChI=1S/C46H58N8O13/c1-27(56)50-43-42(41(60)35(24-55)67-46(43,2)66-25-28-12-5-3-6-13-28)65-26-37(58)53-23-11-16-34(53)45(62)52-32(44(47)61)18-20-36(57)49-22-10-4-9-21-48-31-17-19-33(54(63)64)39-38(31)40(59)29-14-7-8-15-30(29)51-39/h3,5-8,12-15,17,19,32,34-35,41-43,48,55,60H,4,9-11,16,18,20-26H2,1-2H3,(H2,47,61)(H,49,57)(H,50,56)(H,51,59)(H,52,62). The van der Waals surface area contributed by atoms with Gasteiger partial charge in [0.2, 0.25) is 29.5 Å². The molecule has 3 aromatic carbocycles. The highest BCUT2D eigenvalue weighted by Gasteiger charge is 2.54. The summed E-state index contributed by atoms with van der Waals surface area (Å²) in [5, 5.41) is 44.9. The topological polar surface area (TPSA) is 307 Å². The van der Waals surface area contributed by atoms with Gasteiger partial charge in [0.15, 0.2) is 11.2 Å². The van der Waals surface area contributed by atoms with Gasteiger partial charge < -0.3 is 61.3 Å². The quantitative estimate of drug-likeness (QED) is 0.0241. The Labute approximate surface area is 385 Å². The zero-order chi connectivity index (χ0) is 48.3. The second kappa shape index (κ2) is 22.8. The summed E-state index contributed by atoms with van der Waals surface area (Å²) in [6.45, 7) is 2.56. The van der Waals surface area contributed by atoms with E-state index in [0.717, 1.165) is 5.56 Å². The van der Waals surface area contributed by atoms with Crippen LogP contribution < -0.4 is 32.4 Å². The lowest BCUT2D eigenvalue weighted by atomic mass is 9.90. The molecule has 67 heavy (non-hydrogen) atoms. The molecule has 3 heterocycles. The molecule has 0 saturated carbocycles. The van der Waals surface area contributed by atoms with E-state index in [1.54, 1.807) is 24.3 Å². The van der Waals surface area contributed by atoms with Crippen LogP contribution in [0.3, 0.4) is 0 Å². The molecule has 0 radical (unpaired) electrons. The summed E-state index contributed by atoms with van der Waals surface area (Å²) in [4.78, 5) is 93.6. The number of hydrogen-bond donors (Lipinski definition) is 8. The summed E-state index contributed by atoms with van der Waals surface area (Å²) in [6.07, 6.45) is -1.52. The SMILES string of the molecule is CC(=O)NC1C(OCC(=O)N2CCCC2C(=O)NC(CCC(=O)NCCCCCNc2ccc([N+](=O)[O-])c3[nH]c4ccccc4c(=O)c23)C(N)=O)C(O)C(CO)OC1(C)OCc1ccccc1. The number of non-ortho nitro benzene ring substituents is 1. The number of nitrogens with one attached hydrogen (secondary N) is 5. The number of unbranched alkanes of at least 4 members (excludes halogenated alkanes) is 2. The first-order valence-electron chi connectivity index (χ1n) is 22.3. The van der Waals surface area contributed by atoms with E-state index < -0.39 is 84.0 Å². The van der Waals surface area contributed by atoms with E-state index in [0.29, 0.717) is 55.4 Å². The summed E-state index contributed by atoms with van der Waals surface area (Å²) < 4.78 is 18.1. The van der Waals surface area contributed by atoms with Crippen LogP contribution in [-0.2, 0) is 44.8 Å². The fourth-order valence-corrected chi connectivity index (χ4v) is 8.54. The number of benzene rings is 3. The third kappa shape index (κ3) is 12.3. The highest BCUT2D eigenvalue weighted by atomic mass is 16.7. The number of aromatic nitrogens is 1. The Balaban J connectivity index is 0.954. The number of nitrogens with two attached hydrogens (primary N) is 1. The number of amides is 5. The van der Waals surface area contributed by atoms with E-state index in [2.05, 4.69) is 26.3 Å². The molecule has 21 heteroatoms. The Morgan fingerprint density at radius 1 is 1.04 bits per heavy atom. The van der Waals surface area contributed by atoms with Gasteiger partial charge in [0.05, 0.1) is 23.5 Å². The van der Waals surface area contributed by atoms with Crippen LogP contribution in [0, 0.1) is 10.1 Å². The smallest absolute Gasteiger partial charge is 0.293 e. The number of fused-ring (bicyclic) bond motifs is 2. The average Bonchev–Trinajstić information content (AvgIpc) is 3.81. The highest BCUT2D eigenvalue weighted by molar-refractivity contribution is 6.03. The molecule has 1 aromatic heterocycles. The highest BCUT2D eigenvalue weighted by Crippen LogP contribution is 2.34. The van der Waals surface area contributed by atoms with Crippen molar-refractivity contribution in [3.05, 3.63) is 92.6 Å². The molecule has 7 unspecified atom stereocenters. The zero-order valence-corrected chi connectivity index (χ0v) is 37.4. The van der Waals surface area contributed by atoms with E-state index in [-0.39, 0.29) is 60.3 Å². The lowest BCUT2D eigenvalue weighted by Crippen LogP contribution is -2.70. The maximum absolute atomic E-state index is 13.6. The van der Waals surface area contributed by atoms with Gasteiger partial charge >= 0.3 is 0 Å². The number of H-pyrrole nitrogens is 1. The number of aromatic amines is 1. The first-order valence-corrected chi connectivity index (χ1v) is 22.3. The predicted octanol–water partition coefficient (Wildman–Crippen LogP) is 1.60. The number of nitro groups is 1. The lowest BCUT2D eigenvalue weighted by molar-refractivity contribution is -0.383. The van der Waals surface area contributed by atoms with Crippen molar-refractivity contribution in [1.29, 1.82) is 0 Å². The fourth-order valence-electron chi connectivity index (χ4n) is 8.54. The third-order valence-corrected chi connectivity index (χ3v) is 12.0. The molecule has 7 atom stereocenters.